The minimum absolute atomic E-state index is 0.0887. The number of ether oxygens (including phenoxy) is 2. The Labute approximate surface area is 152 Å². The van der Waals surface area contributed by atoms with Gasteiger partial charge in [-0.3, -0.25) is 4.79 Å². The first-order chi connectivity index (χ1) is 12.2. The standard InChI is InChI=1S/C20H20ClNO3/c21-16-5-2-1-4-14(16)13-20(23)22-9-3-6-17(22)15-7-8-18-19(12-15)25-11-10-24-18/h1-2,4-5,7-8,12,17H,3,6,9-11,13H2. The van der Waals surface area contributed by atoms with Crippen LogP contribution in [0, 0.1) is 0 Å². The van der Waals surface area contributed by atoms with E-state index >= 15 is 0 Å². The van der Waals surface area contributed by atoms with Gasteiger partial charge in [-0.25, -0.2) is 0 Å². The second kappa shape index (κ2) is 6.96. The number of likely N-dealkylation sites (tertiary alicyclic amines) is 1. The van der Waals surface area contributed by atoms with E-state index in [1.807, 2.05) is 47.4 Å². The van der Waals surface area contributed by atoms with Gasteiger partial charge in [0.05, 0.1) is 12.5 Å². The second-order valence-electron chi connectivity index (χ2n) is 6.42. The summed E-state index contributed by atoms with van der Waals surface area (Å²) in [5, 5.41) is 0.644. The molecule has 2 aromatic rings. The lowest BCUT2D eigenvalue weighted by Gasteiger charge is -2.27. The molecule has 4 rings (SSSR count). The van der Waals surface area contributed by atoms with Crippen LogP contribution in [0.3, 0.4) is 0 Å². The van der Waals surface area contributed by atoms with Crippen LogP contribution in [0.4, 0.5) is 0 Å². The third-order valence-corrected chi connectivity index (χ3v) is 5.19. The normalized spacial score (nSPS) is 19.1. The van der Waals surface area contributed by atoms with Crippen LogP contribution < -0.4 is 9.47 Å². The molecular weight excluding hydrogens is 338 g/mol. The Kier molecular flexibility index (Phi) is 4.53. The van der Waals surface area contributed by atoms with Gasteiger partial charge in [0.1, 0.15) is 13.2 Å². The smallest absolute Gasteiger partial charge is 0.227 e. The Morgan fingerprint density at radius 2 is 1.92 bits per heavy atom. The van der Waals surface area contributed by atoms with Crippen LogP contribution in [0.15, 0.2) is 42.5 Å². The molecule has 2 aliphatic heterocycles. The fourth-order valence-corrected chi connectivity index (χ4v) is 3.79. The number of halogens is 1. The number of hydrogen-bond acceptors (Lipinski definition) is 3. The summed E-state index contributed by atoms with van der Waals surface area (Å²) in [7, 11) is 0. The highest BCUT2D eigenvalue weighted by Gasteiger charge is 2.31. The molecule has 1 unspecified atom stereocenters. The summed E-state index contributed by atoms with van der Waals surface area (Å²) in [4.78, 5) is 14.8. The molecule has 1 saturated heterocycles. The van der Waals surface area contributed by atoms with Gasteiger partial charge in [-0.15, -0.1) is 0 Å². The summed E-state index contributed by atoms with van der Waals surface area (Å²) in [5.74, 6) is 1.67. The number of benzene rings is 2. The fourth-order valence-electron chi connectivity index (χ4n) is 3.59. The van der Waals surface area contributed by atoms with E-state index in [0.717, 1.165) is 42.0 Å². The lowest BCUT2D eigenvalue weighted by atomic mass is 10.0. The van der Waals surface area contributed by atoms with Gasteiger partial charge in [-0.2, -0.15) is 0 Å². The predicted octanol–water partition coefficient (Wildman–Crippen LogP) is 4.02. The molecule has 5 heteroatoms. The number of carbonyl (C=O) groups excluding carboxylic acids is 1. The molecule has 130 valence electrons. The molecule has 0 saturated carbocycles. The van der Waals surface area contributed by atoms with Crippen LogP contribution in [0.1, 0.15) is 30.0 Å². The van der Waals surface area contributed by atoms with Crippen molar-refractivity contribution < 1.29 is 14.3 Å². The van der Waals surface area contributed by atoms with Crippen LogP contribution >= 0.6 is 11.6 Å². The molecule has 0 bridgehead atoms. The predicted molar refractivity (Wildman–Crippen MR) is 96.3 cm³/mol. The maximum atomic E-state index is 12.9. The Hall–Kier alpha value is -2.20. The molecule has 0 spiro atoms. The van der Waals surface area contributed by atoms with Gasteiger partial charge >= 0.3 is 0 Å². The van der Waals surface area contributed by atoms with Crippen LogP contribution in [0.25, 0.3) is 0 Å². The minimum Gasteiger partial charge on any atom is -0.486 e. The topological polar surface area (TPSA) is 38.8 Å². The van der Waals surface area contributed by atoms with Crippen molar-refractivity contribution in [1.82, 2.24) is 4.90 Å². The summed E-state index contributed by atoms with van der Waals surface area (Å²) in [6, 6.07) is 13.6. The van der Waals surface area contributed by atoms with Crippen molar-refractivity contribution in [2.24, 2.45) is 0 Å². The van der Waals surface area contributed by atoms with Crippen molar-refractivity contribution >= 4 is 17.5 Å². The average molecular weight is 358 g/mol. The number of nitrogens with zero attached hydrogens (tertiary/aromatic N) is 1. The number of carbonyl (C=O) groups is 1. The van der Waals surface area contributed by atoms with Gasteiger partial charge in [-0.05, 0) is 42.2 Å². The van der Waals surface area contributed by atoms with Gasteiger partial charge in [0, 0.05) is 11.6 Å². The van der Waals surface area contributed by atoms with Crippen molar-refractivity contribution in [1.29, 1.82) is 0 Å². The number of fused-ring (bicyclic) bond motifs is 1. The van der Waals surface area contributed by atoms with E-state index in [1.165, 1.54) is 0 Å². The third-order valence-electron chi connectivity index (χ3n) is 4.82. The van der Waals surface area contributed by atoms with Gasteiger partial charge in [-0.1, -0.05) is 35.9 Å². The second-order valence-corrected chi connectivity index (χ2v) is 6.82. The highest BCUT2D eigenvalue weighted by molar-refractivity contribution is 6.31. The fraction of sp³-hybridized carbons (Fsp3) is 0.350. The Bertz CT molecular complexity index is 792. The maximum Gasteiger partial charge on any atom is 0.227 e. The molecule has 0 aliphatic carbocycles. The Balaban J connectivity index is 1.54. The lowest BCUT2D eigenvalue weighted by Crippen LogP contribution is -2.32. The first kappa shape index (κ1) is 16.3. The summed E-state index contributed by atoms with van der Waals surface area (Å²) >= 11 is 6.21. The largest absolute Gasteiger partial charge is 0.486 e. The summed E-state index contributed by atoms with van der Waals surface area (Å²) in [6.07, 6.45) is 2.31. The van der Waals surface area contributed by atoms with Gasteiger partial charge in [0.15, 0.2) is 11.5 Å². The minimum atomic E-state index is 0.0887. The van der Waals surface area contributed by atoms with E-state index in [1.54, 1.807) is 0 Å². The monoisotopic (exact) mass is 357 g/mol. The molecule has 0 N–H and O–H groups in total. The zero-order valence-corrected chi connectivity index (χ0v) is 14.7. The highest BCUT2D eigenvalue weighted by Crippen LogP contribution is 2.38. The number of rotatable bonds is 3. The van der Waals surface area contributed by atoms with Crippen LogP contribution in [0.5, 0.6) is 11.5 Å². The molecule has 1 atom stereocenters. The van der Waals surface area contributed by atoms with Gasteiger partial charge < -0.3 is 14.4 Å². The number of hydrogen-bond donors (Lipinski definition) is 0. The summed E-state index contributed by atoms with van der Waals surface area (Å²) < 4.78 is 11.3. The van der Waals surface area contributed by atoms with Crippen LogP contribution in [-0.4, -0.2) is 30.6 Å². The van der Waals surface area contributed by atoms with Crippen molar-refractivity contribution in [2.75, 3.05) is 19.8 Å². The van der Waals surface area contributed by atoms with E-state index in [9.17, 15) is 4.79 Å². The highest BCUT2D eigenvalue weighted by atomic mass is 35.5. The molecular formula is C20H20ClNO3. The summed E-state index contributed by atoms with van der Waals surface area (Å²) in [5.41, 5.74) is 1.98. The van der Waals surface area contributed by atoms with Crippen LogP contribution in [-0.2, 0) is 11.2 Å². The molecule has 1 amide bonds. The molecule has 25 heavy (non-hydrogen) atoms. The van der Waals surface area contributed by atoms with E-state index in [-0.39, 0.29) is 11.9 Å². The van der Waals surface area contributed by atoms with Gasteiger partial charge in [0.25, 0.3) is 0 Å². The van der Waals surface area contributed by atoms with Crippen molar-refractivity contribution in [3.8, 4) is 11.5 Å². The SMILES string of the molecule is O=C(Cc1ccccc1Cl)N1CCCC1c1ccc2c(c1)OCCO2. The zero-order valence-electron chi connectivity index (χ0n) is 13.9. The first-order valence-electron chi connectivity index (χ1n) is 8.65. The molecule has 2 aliphatic rings. The molecule has 0 radical (unpaired) electrons. The van der Waals surface area contributed by atoms with Crippen molar-refractivity contribution in [2.45, 2.75) is 25.3 Å². The molecule has 0 aromatic heterocycles. The van der Waals surface area contributed by atoms with E-state index < -0.39 is 0 Å². The quantitative estimate of drug-likeness (QED) is 0.832. The molecule has 2 aromatic carbocycles. The third kappa shape index (κ3) is 3.31. The molecule has 1 fully saturated rings. The molecule has 4 nitrogen and oxygen atoms in total. The van der Waals surface area contributed by atoms with Crippen molar-refractivity contribution in [3.05, 3.63) is 58.6 Å². The van der Waals surface area contributed by atoms with Crippen LogP contribution in [0.2, 0.25) is 5.02 Å². The molecule has 2 heterocycles. The first-order valence-corrected chi connectivity index (χ1v) is 9.02. The van der Waals surface area contributed by atoms with E-state index in [4.69, 9.17) is 21.1 Å². The van der Waals surface area contributed by atoms with E-state index in [0.29, 0.717) is 24.7 Å². The zero-order chi connectivity index (χ0) is 17.2. The summed E-state index contributed by atoms with van der Waals surface area (Å²) in [6.45, 7) is 1.93. The van der Waals surface area contributed by atoms with Crippen molar-refractivity contribution in [3.63, 3.8) is 0 Å². The lowest BCUT2D eigenvalue weighted by molar-refractivity contribution is -0.131. The Morgan fingerprint density at radius 1 is 1.12 bits per heavy atom. The van der Waals surface area contributed by atoms with E-state index in [2.05, 4.69) is 0 Å². The van der Waals surface area contributed by atoms with Gasteiger partial charge in [0.2, 0.25) is 5.91 Å². The average Bonchev–Trinajstić information content (AvgIpc) is 3.13. The number of amides is 1. The maximum absolute atomic E-state index is 12.9. The Morgan fingerprint density at radius 3 is 2.76 bits per heavy atom.